The van der Waals surface area contributed by atoms with Crippen molar-refractivity contribution in [2.75, 3.05) is 33.3 Å². The SMILES string of the molecule is CCOc1ccc(Oc2ccc(S(=O)(=O)NC3CCN(CC(=O)NC)CC3)cc2)cc1. The normalized spacial score (nSPS) is 15.4. The molecule has 2 aromatic rings. The van der Waals surface area contributed by atoms with E-state index in [9.17, 15) is 13.2 Å². The smallest absolute Gasteiger partial charge is 0.240 e. The number of rotatable bonds is 9. The Bertz CT molecular complexity index is 954. The maximum atomic E-state index is 12.7. The van der Waals surface area contributed by atoms with E-state index in [-0.39, 0.29) is 16.8 Å². The van der Waals surface area contributed by atoms with Crippen molar-refractivity contribution in [3.05, 3.63) is 48.5 Å². The van der Waals surface area contributed by atoms with Crippen LogP contribution in [-0.4, -0.2) is 58.6 Å². The molecule has 168 valence electrons. The van der Waals surface area contributed by atoms with Gasteiger partial charge < -0.3 is 14.8 Å². The van der Waals surface area contributed by atoms with Crippen LogP contribution in [0.5, 0.6) is 17.2 Å². The van der Waals surface area contributed by atoms with Crippen LogP contribution in [0.3, 0.4) is 0 Å². The molecular formula is C22H29N3O5S. The first-order valence-corrected chi connectivity index (χ1v) is 11.8. The maximum absolute atomic E-state index is 12.7. The zero-order valence-corrected chi connectivity index (χ0v) is 18.7. The highest BCUT2D eigenvalue weighted by Gasteiger charge is 2.25. The van der Waals surface area contributed by atoms with Gasteiger partial charge in [0.05, 0.1) is 18.0 Å². The molecule has 9 heteroatoms. The van der Waals surface area contributed by atoms with Crippen LogP contribution < -0.4 is 19.5 Å². The van der Waals surface area contributed by atoms with E-state index < -0.39 is 10.0 Å². The van der Waals surface area contributed by atoms with Crippen LogP contribution in [0.15, 0.2) is 53.4 Å². The molecule has 1 fully saturated rings. The van der Waals surface area contributed by atoms with Crippen molar-refractivity contribution in [3.63, 3.8) is 0 Å². The van der Waals surface area contributed by atoms with Crippen molar-refractivity contribution >= 4 is 15.9 Å². The molecule has 31 heavy (non-hydrogen) atoms. The summed E-state index contributed by atoms with van der Waals surface area (Å²) in [5.41, 5.74) is 0. The van der Waals surface area contributed by atoms with Gasteiger partial charge in [0.1, 0.15) is 17.2 Å². The molecular weight excluding hydrogens is 418 g/mol. The molecule has 0 spiro atoms. The van der Waals surface area contributed by atoms with Crippen molar-refractivity contribution in [2.24, 2.45) is 0 Å². The molecule has 1 aliphatic rings. The predicted octanol–water partition coefficient (Wildman–Crippen LogP) is 2.37. The average Bonchev–Trinajstić information content (AvgIpc) is 2.77. The van der Waals surface area contributed by atoms with Gasteiger partial charge in [0.25, 0.3) is 0 Å². The lowest BCUT2D eigenvalue weighted by Crippen LogP contribution is -2.47. The lowest BCUT2D eigenvalue weighted by molar-refractivity contribution is -0.122. The molecule has 8 nitrogen and oxygen atoms in total. The molecule has 0 bridgehead atoms. The molecule has 2 N–H and O–H groups in total. The van der Waals surface area contributed by atoms with Gasteiger partial charge in [0, 0.05) is 26.2 Å². The molecule has 0 radical (unpaired) electrons. The minimum Gasteiger partial charge on any atom is -0.494 e. The summed E-state index contributed by atoms with van der Waals surface area (Å²) in [5, 5.41) is 2.60. The van der Waals surface area contributed by atoms with E-state index in [2.05, 4.69) is 10.0 Å². The summed E-state index contributed by atoms with van der Waals surface area (Å²) in [4.78, 5) is 13.7. The predicted molar refractivity (Wildman–Crippen MR) is 118 cm³/mol. The standard InChI is InChI=1S/C22H29N3O5S/c1-3-29-18-4-6-19(7-5-18)30-20-8-10-21(11-9-20)31(27,28)24-17-12-14-25(15-13-17)16-22(26)23-2/h4-11,17,24H,3,12-16H2,1-2H3,(H,23,26). The van der Waals surface area contributed by atoms with Gasteiger partial charge >= 0.3 is 0 Å². The minimum atomic E-state index is -3.63. The number of nitrogens with one attached hydrogen (secondary N) is 2. The fourth-order valence-electron chi connectivity index (χ4n) is 3.37. The topological polar surface area (TPSA) is 97.0 Å². The summed E-state index contributed by atoms with van der Waals surface area (Å²) in [5.74, 6) is 1.92. The van der Waals surface area contributed by atoms with E-state index in [1.54, 1.807) is 31.3 Å². The first kappa shape index (κ1) is 23.1. The van der Waals surface area contributed by atoms with Gasteiger partial charge in [-0.05, 0) is 68.3 Å². The van der Waals surface area contributed by atoms with Gasteiger partial charge in [0.15, 0.2) is 0 Å². The van der Waals surface area contributed by atoms with E-state index in [1.807, 2.05) is 24.0 Å². The van der Waals surface area contributed by atoms with Gasteiger partial charge in [-0.2, -0.15) is 0 Å². The van der Waals surface area contributed by atoms with Crippen molar-refractivity contribution in [1.82, 2.24) is 14.9 Å². The first-order valence-electron chi connectivity index (χ1n) is 10.4. The van der Waals surface area contributed by atoms with E-state index in [1.165, 1.54) is 12.1 Å². The second-order valence-electron chi connectivity index (χ2n) is 7.32. The van der Waals surface area contributed by atoms with E-state index in [0.717, 1.165) is 5.75 Å². The highest BCUT2D eigenvalue weighted by atomic mass is 32.2. The second-order valence-corrected chi connectivity index (χ2v) is 9.04. The summed E-state index contributed by atoms with van der Waals surface area (Å²) in [6.07, 6.45) is 1.32. The second kappa shape index (κ2) is 10.6. The number of likely N-dealkylation sites (tertiary alicyclic amines) is 1. The number of ether oxygens (including phenoxy) is 2. The number of sulfonamides is 1. The Kier molecular flexibility index (Phi) is 7.89. The third-order valence-electron chi connectivity index (χ3n) is 5.06. The molecule has 1 heterocycles. The van der Waals surface area contributed by atoms with E-state index in [0.29, 0.717) is 50.6 Å². The Morgan fingerprint density at radius 2 is 1.55 bits per heavy atom. The minimum absolute atomic E-state index is 0.0356. The molecule has 0 aromatic heterocycles. The number of carbonyl (C=O) groups excluding carboxylic acids is 1. The lowest BCUT2D eigenvalue weighted by Gasteiger charge is -2.31. The third kappa shape index (κ3) is 6.68. The Labute approximate surface area is 183 Å². The van der Waals surface area contributed by atoms with Gasteiger partial charge in [-0.3, -0.25) is 9.69 Å². The highest BCUT2D eigenvalue weighted by Crippen LogP contribution is 2.25. The fourth-order valence-corrected chi connectivity index (χ4v) is 4.68. The van der Waals surface area contributed by atoms with Crippen LogP contribution in [0.1, 0.15) is 19.8 Å². The summed E-state index contributed by atoms with van der Waals surface area (Å²) < 4.78 is 39.4. The number of amides is 1. The quantitative estimate of drug-likeness (QED) is 0.613. The van der Waals surface area contributed by atoms with Crippen LogP contribution in [0, 0.1) is 0 Å². The number of hydrogen-bond donors (Lipinski definition) is 2. The van der Waals surface area contributed by atoms with Crippen molar-refractivity contribution in [2.45, 2.75) is 30.7 Å². The fraction of sp³-hybridized carbons (Fsp3) is 0.409. The van der Waals surface area contributed by atoms with Gasteiger partial charge in [-0.15, -0.1) is 0 Å². The van der Waals surface area contributed by atoms with Gasteiger partial charge in [-0.1, -0.05) is 0 Å². The Balaban J connectivity index is 1.54. The number of piperidine rings is 1. The van der Waals surface area contributed by atoms with Crippen molar-refractivity contribution in [1.29, 1.82) is 0 Å². The maximum Gasteiger partial charge on any atom is 0.240 e. The van der Waals surface area contributed by atoms with Crippen LogP contribution in [-0.2, 0) is 14.8 Å². The number of hydrogen-bond acceptors (Lipinski definition) is 6. The van der Waals surface area contributed by atoms with Gasteiger partial charge in [-0.25, -0.2) is 13.1 Å². The molecule has 1 amide bonds. The first-order chi connectivity index (χ1) is 14.9. The summed E-state index contributed by atoms with van der Waals surface area (Å²) in [7, 11) is -2.02. The number of likely N-dealkylation sites (N-methyl/N-ethyl adjacent to an activating group) is 1. The number of benzene rings is 2. The number of carbonyl (C=O) groups is 1. The zero-order valence-electron chi connectivity index (χ0n) is 17.8. The molecule has 1 aliphatic heterocycles. The van der Waals surface area contributed by atoms with Crippen molar-refractivity contribution < 1.29 is 22.7 Å². The molecule has 0 aliphatic carbocycles. The van der Waals surface area contributed by atoms with Crippen LogP contribution in [0.2, 0.25) is 0 Å². The molecule has 3 rings (SSSR count). The van der Waals surface area contributed by atoms with Crippen molar-refractivity contribution in [3.8, 4) is 17.2 Å². The summed E-state index contributed by atoms with van der Waals surface area (Å²) in [6, 6.07) is 13.4. The monoisotopic (exact) mass is 447 g/mol. The summed E-state index contributed by atoms with van der Waals surface area (Å²) in [6.45, 7) is 4.21. The highest BCUT2D eigenvalue weighted by molar-refractivity contribution is 7.89. The van der Waals surface area contributed by atoms with E-state index in [4.69, 9.17) is 9.47 Å². The Morgan fingerprint density at radius 3 is 2.10 bits per heavy atom. The largest absolute Gasteiger partial charge is 0.494 e. The lowest BCUT2D eigenvalue weighted by atomic mass is 10.1. The Morgan fingerprint density at radius 1 is 1.00 bits per heavy atom. The molecule has 0 unspecified atom stereocenters. The average molecular weight is 448 g/mol. The molecule has 0 atom stereocenters. The molecule has 0 saturated carbocycles. The zero-order chi connectivity index (χ0) is 22.3. The molecule has 1 saturated heterocycles. The van der Waals surface area contributed by atoms with E-state index >= 15 is 0 Å². The van der Waals surface area contributed by atoms with Crippen LogP contribution in [0.25, 0.3) is 0 Å². The van der Waals surface area contributed by atoms with Crippen LogP contribution in [0.4, 0.5) is 0 Å². The summed E-state index contributed by atoms with van der Waals surface area (Å²) >= 11 is 0. The Hall–Kier alpha value is -2.62. The number of nitrogens with zero attached hydrogens (tertiary/aromatic N) is 1. The molecule has 2 aromatic carbocycles. The van der Waals surface area contributed by atoms with Gasteiger partial charge in [0.2, 0.25) is 15.9 Å². The van der Waals surface area contributed by atoms with Crippen LogP contribution >= 0.6 is 0 Å². The third-order valence-corrected chi connectivity index (χ3v) is 6.60.